The summed E-state index contributed by atoms with van der Waals surface area (Å²) in [7, 11) is 0. The van der Waals surface area contributed by atoms with E-state index in [9.17, 15) is 18.0 Å². The molecule has 1 N–H and O–H groups in total. The van der Waals surface area contributed by atoms with Gasteiger partial charge in [-0.25, -0.2) is 4.98 Å². The molecule has 1 aromatic heterocycles. The third kappa shape index (κ3) is 5.16. The van der Waals surface area contributed by atoms with E-state index in [4.69, 9.17) is 0 Å². The van der Waals surface area contributed by atoms with Crippen molar-refractivity contribution in [2.24, 2.45) is 0 Å². The summed E-state index contributed by atoms with van der Waals surface area (Å²) in [6, 6.07) is 3.18. The third-order valence-corrected chi connectivity index (χ3v) is 2.40. The molecule has 17 heavy (non-hydrogen) atoms. The molecular weight excluding hydrogens is 301 g/mol. The normalized spacial score (nSPS) is 11.4. The van der Waals surface area contributed by atoms with Crippen LogP contribution in [0.5, 0.6) is 0 Å². The Labute approximate surface area is 105 Å². The second-order valence-electron chi connectivity index (χ2n) is 3.43. The Morgan fingerprint density at radius 3 is 2.65 bits per heavy atom. The molecule has 0 atom stereocenters. The summed E-state index contributed by atoms with van der Waals surface area (Å²) < 4.78 is 36.3. The maximum Gasteiger partial charge on any atom is 0.389 e. The van der Waals surface area contributed by atoms with E-state index in [0.717, 1.165) is 0 Å². The zero-order valence-electron chi connectivity index (χ0n) is 8.94. The Balaban J connectivity index is 2.57. The SMILES string of the molecule is Cc1nc(Br)ccc1NC(=O)CCC(F)(F)F. The highest BCUT2D eigenvalue weighted by Crippen LogP contribution is 2.22. The van der Waals surface area contributed by atoms with E-state index in [0.29, 0.717) is 16.0 Å². The molecule has 94 valence electrons. The first-order chi connectivity index (χ1) is 7.78. The van der Waals surface area contributed by atoms with Gasteiger partial charge in [-0.15, -0.1) is 0 Å². The van der Waals surface area contributed by atoms with E-state index in [1.165, 1.54) is 0 Å². The molecule has 0 saturated heterocycles. The predicted molar refractivity (Wildman–Crippen MR) is 60.6 cm³/mol. The minimum absolute atomic E-state index is 0.417. The summed E-state index contributed by atoms with van der Waals surface area (Å²) in [6.45, 7) is 1.66. The van der Waals surface area contributed by atoms with Crippen LogP contribution in [0, 0.1) is 6.92 Å². The number of pyridine rings is 1. The molecule has 0 aliphatic rings. The van der Waals surface area contributed by atoms with Crippen molar-refractivity contribution in [3.63, 3.8) is 0 Å². The molecule has 1 rings (SSSR count). The zero-order chi connectivity index (χ0) is 13.1. The lowest BCUT2D eigenvalue weighted by atomic mass is 10.2. The molecule has 1 heterocycles. The Morgan fingerprint density at radius 1 is 1.47 bits per heavy atom. The fraction of sp³-hybridized carbons (Fsp3) is 0.400. The number of alkyl halides is 3. The number of nitrogens with zero attached hydrogens (tertiary/aromatic N) is 1. The Bertz CT molecular complexity index is 421. The van der Waals surface area contributed by atoms with Gasteiger partial charge in [0.05, 0.1) is 17.8 Å². The highest BCUT2D eigenvalue weighted by molar-refractivity contribution is 9.10. The molecule has 0 aromatic carbocycles. The summed E-state index contributed by atoms with van der Waals surface area (Å²) in [4.78, 5) is 15.3. The molecule has 3 nitrogen and oxygen atoms in total. The number of amides is 1. The van der Waals surface area contributed by atoms with Crippen molar-refractivity contribution in [3.8, 4) is 0 Å². The first-order valence-electron chi connectivity index (χ1n) is 4.78. The summed E-state index contributed by atoms with van der Waals surface area (Å²) in [5.74, 6) is -0.672. The minimum atomic E-state index is -4.32. The lowest BCUT2D eigenvalue weighted by molar-refractivity contribution is -0.142. The van der Waals surface area contributed by atoms with Gasteiger partial charge >= 0.3 is 6.18 Å². The van der Waals surface area contributed by atoms with Crippen LogP contribution in [0.3, 0.4) is 0 Å². The molecular formula is C10H10BrF3N2O. The van der Waals surface area contributed by atoms with Gasteiger partial charge in [0.15, 0.2) is 0 Å². The second-order valence-corrected chi connectivity index (χ2v) is 4.24. The molecule has 0 fully saturated rings. The third-order valence-electron chi connectivity index (χ3n) is 1.96. The van der Waals surface area contributed by atoms with Crippen LogP contribution in [0.1, 0.15) is 18.5 Å². The summed E-state index contributed by atoms with van der Waals surface area (Å²) >= 11 is 3.15. The summed E-state index contributed by atoms with van der Waals surface area (Å²) in [5.41, 5.74) is 0.958. The number of carbonyl (C=O) groups excluding carboxylic acids is 1. The molecule has 0 unspecified atom stereocenters. The van der Waals surface area contributed by atoms with Crippen LogP contribution in [-0.4, -0.2) is 17.1 Å². The van der Waals surface area contributed by atoms with Crippen molar-refractivity contribution in [1.29, 1.82) is 0 Å². The van der Waals surface area contributed by atoms with Gasteiger partial charge in [0.2, 0.25) is 5.91 Å². The second kappa shape index (κ2) is 5.48. The van der Waals surface area contributed by atoms with Crippen LogP contribution in [0.4, 0.5) is 18.9 Å². The van der Waals surface area contributed by atoms with Crippen molar-refractivity contribution in [3.05, 3.63) is 22.4 Å². The standard InChI is InChI=1S/C10H10BrF3N2O/c1-6-7(2-3-8(11)15-6)16-9(17)4-5-10(12,13)14/h2-3H,4-5H2,1H3,(H,16,17). The van der Waals surface area contributed by atoms with Crippen LogP contribution in [0.15, 0.2) is 16.7 Å². The monoisotopic (exact) mass is 310 g/mol. The fourth-order valence-corrected chi connectivity index (χ4v) is 1.53. The van der Waals surface area contributed by atoms with Gasteiger partial charge in [0, 0.05) is 6.42 Å². The van der Waals surface area contributed by atoms with Crippen LogP contribution >= 0.6 is 15.9 Å². The molecule has 0 bridgehead atoms. The average Bonchev–Trinajstić information content (AvgIpc) is 2.18. The van der Waals surface area contributed by atoms with E-state index < -0.39 is 24.9 Å². The number of nitrogens with one attached hydrogen (secondary N) is 1. The number of halogens is 4. The number of carbonyl (C=O) groups is 1. The summed E-state index contributed by atoms with van der Waals surface area (Å²) in [5, 5.41) is 2.39. The molecule has 0 aliphatic heterocycles. The van der Waals surface area contributed by atoms with Crippen molar-refractivity contribution < 1.29 is 18.0 Å². The molecule has 0 radical (unpaired) electrons. The largest absolute Gasteiger partial charge is 0.389 e. The molecule has 0 aliphatic carbocycles. The molecule has 1 amide bonds. The van der Waals surface area contributed by atoms with Crippen molar-refractivity contribution in [2.45, 2.75) is 25.9 Å². The lowest BCUT2D eigenvalue weighted by Gasteiger charge is -2.09. The van der Waals surface area contributed by atoms with E-state index in [1.54, 1.807) is 19.1 Å². The van der Waals surface area contributed by atoms with E-state index in [2.05, 4.69) is 26.2 Å². The molecule has 7 heteroatoms. The van der Waals surface area contributed by atoms with Gasteiger partial charge in [0.25, 0.3) is 0 Å². The Hall–Kier alpha value is -1.11. The van der Waals surface area contributed by atoms with Crippen molar-refractivity contribution in [1.82, 2.24) is 4.98 Å². The maximum absolute atomic E-state index is 11.9. The van der Waals surface area contributed by atoms with Crippen LogP contribution in [-0.2, 0) is 4.79 Å². The fourth-order valence-electron chi connectivity index (χ4n) is 1.13. The molecule has 1 aromatic rings. The van der Waals surface area contributed by atoms with Gasteiger partial charge in [-0.1, -0.05) is 0 Å². The molecule has 0 spiro atoms. The van der Waals surface area contributed by atoms with Crippen LogP contribution in [0.25, 0.3) is 0 Å². The smallest absolute Gasteiger partial charge is 0.325 e. The van der Waals surface area contributed by atoms with Crippen LogP contribution in [0.2, 0.25) is 0 Å². The number of aryl methyl sites for hydroxylation is 1. The highest BCUT2D eigenvalue weighted by Gasteiger charge is 2.27. The number of rotatable bonds is 3. The first kappa shape index (κ1) is 14.0. The Morgan fingerprint density at radius 2 is 2.12 bits per heavy atom. The van der Waals surface area contributed by atoms with E-state index in [-0.39, 0.29) is 0 Å². The zero-order valence-corrected chi connectivity index (χ0v) is 10.5. The van der Waals surface area contributed by atoms with Gasteiger partial charge in [-0.2, -0.15) is 13.2 Å². The number of hydrogen-bond acceptors (Lipinski definition) is 2. The van der Waals surface area contributed by atoms with Gasteiger partial charge < -0.3 is 5.32 Å². The van der Waals surface area contributed by atoms with Gasteiger partial charge in [0.1, 0.15) is 4.60 Å². The number of aromatic nitrogens is 1. The van der Waals surface area contributed by atoms with E-state index in [1.807, 2.05) is 0 Å². The summed E-state index contributed by atoms with van der Waals surface area (Å²) in [6.07, 6.45) is -6.02. The first-order valence-corrected chi connectivity index (χ1v) is 5.57. The minimum Gasteiger partial charge on any atom is -0.325 e. The Kier molecular flexibility index (Phi) is 4.50. The highest BCUT2D eigenvalue weighted by atomic mass is 79.9. The van der Waals surface area contributed by atoms with E-state index >= 15 is 0 Å². The predicted octanol–water partition coefficient (Wildman–Crippen LogP) is 3.43. The topological polar surface area (TPSA) is 42.0 Å². The number of hydrogen-bond donors (Lipinski definition) is 1. The average molecular weight is 311 g/mol. The lowest BCUT2D eigenvalue weighted by Crippen LogP contribution is -2.17. The molecule has 0 saturated carbocycles. The quantitative estimate of drug-likeness (QED) is 0.869. The van der Waals surface area contributed by atoms with Crippen LogP contribution < -0.4 is 5.32 Å². The van der Waals surface area contributed by atoms with Crippen molar-refractivity contribution >= 4 is 27.5 Å². The number of anilines is 1. The van der Waals surface area contributed by atoms with Gasteiger partial charge in [-0.05, 0) is 35.0 Å². The maximum atomic E-state index is 11.9. The van der Waals surface area contributed by atoms with Gasteiger partial charge in [-0.3, -0.25) is 4.79 Å². The van der Waals surface area contributed by atoms with Crippen molar-refractivity contribution in [2.75, 3.05) is 5.32 Å².